The van der Waals surface area contributed by atoms with Gasteiger partial charge >= 0.3 is 0 Å². The number of benzene rings is 1. The third-order valence-corrected chi connectivity index (χ3v) is 4.38. The topological polar surface area (TPSA) is 49.8 Å². The maximum Gasteiger partial charge on any atom is 0.128 e. The molecular weight excluding hydrogens is 308 g/mol. The summed E-state index contributed by atoms with van der Waals surface area (Å²) in [6.07, 6.45) is 0. The lowest BCUT2D eigenvalue weighted by molar-refractivity contribution is 1.52. The number of nitriles is 1. The van der Waals surface area contributed by atoms with Crippen LogP contribution in [0.1, 0.15) is 4.88 Å². The van der Waals surface area contributed by atoms with Gasteiger partial charge < -0.3 is 5.73 Å². The van der Waals surface area contributed by atoms with Crippen LogP contribution in [0.25, 0.3) is 10.4 Å². The first-order valence-corrected chi connectivity index (χ1v) is 6.35. The van der Waals surface area contributed by atoms with Crippen molar-refractivity contribution in [2.45, 2.75) is 0 Å². The van der Waals surface area contributed by atoms with Crippen LogP contribution in [0.2, 0.25) is 5.02 Å². The summed E-state index contributed by atoms with van der Waals surface area (Å²) in [5.41, 5.74) is 7.22. The molecule has 0 saturated carbocycles. The summed E-state index contributed by atoms with van der Waals surface area (Å²) < 4.78 is 0.831. The number of hydrogen-bond donors (Lipinski definition) is 1. The van der Waals surface area contributed by atoms with E-state index in [-0.39, 0.29) is 0 Å². The summed E-state index contributed by atoms with van der Waals surface area (Å²) in [6, 6.07) is 9.49. The molecule has 0 aliphatic carbocycles. The van der Waals surface area contributed by atoms with E-state index in [1.807, 2.05) is 18.2 Å². The van der Waals surface area contributed by atoms with Crippen molar-refractivity contribution >= 4 is 44.6 Å². The van der Waals surface area contributed by atoms with Crippen molar-refractivity contribution in [1.82, 2.24) is 0 Å². The molecule has 2 aromatic rings. The smallest absolute Gasteiger partial charge is 0.128 e. The van der Waals surface area contributed by atoms with Crippen LogP contribution in [0.15, 0.2) is 28.7 Å². The first-order chi connectivity index (χ1) is 7.61. The summed E-state index contributed by atoms with van der Waals surface area (Å²) >= 11 is 10.7. The summed E-state index contributed by atoms with van der Waals surface area (Å²) in [4.78, 5) is 1.51. The van der Waals surface area contributed by atoms with Crippen LogP contribution >= 0.6 is 38.9 Å². The second-order valence-corrected chi connectivity index (χ2v) is 5.45. The Balaban J connectivity index is 2.51. The number of rotatable bonds is 1. The normalized spacial score (nSPS) is 10.1. The molecular formula is C11H6BrClN2S. The average molecular weight is 314 g/mol. The highest BCUT2D eigenvalue weighted by atomic mass is 79.9. The van der Waals surface area contributed by atoms with Crippen LogP contribution in [0.3, 0.4) is 0 Å². The Morgan fingerprint density at radius 2 is 2.12 bits per heavy atom. The highest BCUT2D eigenvalue weighted by Gasteiger charge is 2.08. The predicted molar refractivity (Wildman–Crippen MR) is 71.6 cm³/mol. The van der Waals surface area contributed by atoms with Crippen LogP contribution in [0.5, 0.6) is 0 Å². The minimum Gasteiger partial charge on any atom is -0.397 e. The lowest BCUT2D eigenvalue weighted by atomic mass is 10.2. The molecule has 80 valence electrons. The maximum atomic E-state index is 8.83. The summed E-state index contributed by atoms with van der Waals surface area (Å²) in [6.45, 7) is 0. The molecule has 0 aliphatic rings. The van der Waals surface area contributed by atoms with E-state index < -0.39 is 0 Å². The minimum atomic E-state index is 0.522. The predicted octanol–water partition coefficient (Wildman–Crippen LogP) is 4.28. The van der Waals surface area contributed by atoms with Crippen molar-refractivity contribution in [2.24, 2.45) is 0 Å². The maximum absolute atomic E-state index is 8.83. The molecule has 0 atom stereocenters. The molecule has 0 radical (unpaired) electrons. The molecule has 0 saturated heterocycles. The number of nitrogens with zero attached hydrogens (tertiary/aromatic N) is 1. The molecule has 2 N–H and O–H groups in total. The number of halogens is 2. The van der Waals surface area contributed by atoms with Crippen LogP contribution in [-0.2, 0) is 0 Å². The molecule has 1 heterocycles. The summed E-state index contributed by atoms with van der Waals surface area (Å²) in [5.74, 6) is 0. The Bertz CT molecular complexity index is 586. The van der Waals surface area contributed by atoms with E-state index in [9.17, 15) is 0 Å². The zero-order valence-corrected chi connectivity index (χ0v) is 11.2. The van der Waals surface area contributed by atoms with Crippen molar-refractivity contribution in [3.05, 3.63) is 38.6 Å². The standard InChI is InChI=1S/C11H6BrClN2S/c12-7-3-6(1-2-8(7)13)10-4-9(15)11(5-14)16-10/h1-4H,15H2. The fourth-order valence-electron chi connectivity index (χ4n) is 1.28. The van der Waals surface area contributed by atoms with Gasteiger partial charge in [-0.1, -0.05) is 17.7 Å². The van der Waals surface area contributed by atoms with Crippen LogP contribution in [-0.4, -0.2) is 0 Å². The Morgan fingerprint density at radius 1 is 1.38 bits per heavy atom. The van der Waals surface area contributed by atoms with Crippen molar-refractivity contribution in [2.75, 3.05) is 5.73 Å². The van der Waals surface area contributed by atoms with Gasteiger partial charge in [-0.25, -0.2) is 0 Å². The van der Waals surface area contributed by atoms with Gasteiger partial charge in [0.15, 0.2) is 0 Å². The van der Waals surface area contributed by atoms with Gasteiger partial charge in [-0.05, 0) is 39.7 Å². The molecule has 0 unspecified atom stereocenters. The van der Waals surface area contributed by atoms with Gasteiger partial charge in [-0.3, -0.25) is 0 Å². The van der Waals surface area contributed by atoms with Crippen molar-refractivity contribution in [1.29, 1.82) is 5.26 Å². The second kappa shape index (κ2) is 4.46. The second-order valence-electron chi connectivity index (χ2n) is 3.14. The Labute approximate surface area is 110 Å². The zero-order valence-electron chi connectivity index (χ0n) is 8.00. The lowest BCUT2D eigenvalue weighted by Crippen LogP contribution is -1.81. The number of nitrogens with two attached hydrogens (primary N) is 1. The zero-order chi connectivity index (χ0) is 11.7. The van der Waals surface area contributed by atoms with Crippen LogP contribution < -0.4 is 5.73 Å². The monoisotopic (exact) mass is 312 g/mol. The lowest BCUT2D eigenvalue weighted by Gasteiger charge is -1.99. The summed E-state index contributed by atoms with van der Waals surface area (Å²) in [7, 11) is 0. The third kappa shape index (κ3) is 2.07. The van der Waals surface area contributed by atoms with E-state index >= 15 is 0 Å². The largest absolute Gasteiger partial charge is 0.397 e. The van der Waals surface area contributed by atoms with Gasteiger partial charge in [0.1, 0.15) is 10.9 Å². The molecule has 2 nitrogen and oxygen atoms in total. The summed E-state index contributed by atoms with van der Waals surface area (Å²) in [5, 5.41) is 9.49. The Hall–Kier alpha value is -1.02. The first-order valence-electron chi connectivity index (χ1n) is 4.36. The number of nitrogen functional groups attached to an aromatic ring is 1. The molecule has 0 spiro atoms. The van der Waals surface area contributed by atoms with Gasteiger partial charge in [0, 0.05) is 9.35 Å². The van der Waals surface area contributed by atoms with Gasteiger partial charge in [0.2, 0.25) is 0 Å². The fourth-order valence-corrected chi connectivity index (χ4v) is 2.65. The van der Waals surface area contributed by atoms with Crippen molar-refractivity contribution in [3.8, 4) is 16.5 Å². The molecule has 1 aromatic heterocycles. The minimum absolute atomic E-state index is 0.522. The molecule has 1 aromatic carbocycles. The highest BCUT2D eigenvalue weighted by molar-refractivity contribution is 9.10. The molecule has 2 rings (SSSR count). The SMILES string of the molecule is N#Cc1sc(-c2ccc(Cl)c(Br)c2)cc1N. The fraction of sp³-hybridized carbons (Fsp3) is 0. The molecule has 0 bridgehead atoms. The van der Waals surface area contributed by atoms with Crippen LogP contribution in [0, 0.1) is 11.3 Å². The molecule has 16 heavy (non-hydrogen) atoms. The highest BCUT2D eigenvalue weighted by Crippen LogP contribution is 2.35. The average Bonchev–Trinajstić information content (AvgIpc) is 2.64. The molecule has 0 aliphatic heterocycles. The van der Waals surface area contributed by atoms with Gasteiger partial charge in [0.25, 0.3) is 0 Å². The van der Waals surface area contributed by atoms with Crippen molar-refractivity contribution in [3.63, 3.8) is 0 Å². The molecule has 5 heteroatoms. The van der Waals surface area contributed by atoms with E-state index in [2.05, 4.69) is 22.0 Å². The number of thiophene rings is 1. The van der Waals surface area contributed by atoms with E-state index in [1.54, 1.807) is 6.07 Å². The Kier molecular flexibility index (Phi) is 3.20. The molecule has 0 fully saturated rings. The van der Waals surface area contributed by atoms with E-state index in [1.165, 1.54) is 11.3 Å². The third-order valence-electron chi connectivity index (χ3n) is 2.07. The Morgan fingerprint density at radius 3 is 2.69 bits per heavy atom. The van der Waals surface area contributed by atoms with Gasteiger partial charge in [-0.2, -0.15) is 5.26 Å². The van der Waals surface area contributed by atoms with Crippen molar-refractivity contribution < 1.29 is 0 Å². The number of anilines is 1. The van der Waals surface area contributed by atoms with Crippen LogP contribution in [0.4, 0.5) is 5.69 Å². The van der Waals surface area contributed by atoms with E-state index in [0.717, 1.165) is 14.9 Å². The molecule has 0 amide bonds. The van der Waals surface area contributed by atoms with E-state index in [4.69, 9.17) is 22.6 Å². The van der Waals surface area contributed by atoms with Gasteiger partial charge in [0.05, 0.1) is 10.7 Å². The van der Waals surface area contributed by atoms with E-state index in [0.29, 0.717) is 15.6 Å². The number of hydrogen-bond acceptors (Lipinski definition) is 3. The quantitative estimate of drug-likeness (QED) is 0.854. The van der Waals surface area contributed by atoms with Gasteiger partial charge in [-0.15, -0.1) is 11.3 Å². The first kappa shape index (κ1) is 11.5.